The van der Waals surface area contributed by atoms with E-state index in [4.69, 9.17) is 5.73 Å². The van der Waals surface area contributed by atoms with Crippen LogP contribution in [0.15, 0.2) is 42.7 Å². The lowest BCUT2D eigenvalue weighted by molar-refractivity contribution is 1.02. The van der Waals surface area contributed by atoms with Crippen LogP contribution in [-0.4, -0.2) is 9.97 Å². The average Bonchev–Trinajstić information content (AvgIpc) is 2.85. The van der Waals surface area contributed by atoms with Gasteiger partial charge in [0, 0.05) is 11.6 Å². The van der Waals surface area contributed by atoms with Crippen molar-refractivity contribution >= 4 is 16.6 Å². The van der Waals surface area contributed by atoms with E-state index in [1.165, 1.54) is 28.2 Å². The molecule has 0 saturated heterocycles. The van der Waals surface area contributed by atoms with Crippen LogP contribution < -0.4 is 5.73 Å². The smallest absolute Gasteiger partial charge is 0.127 e. The number of benzene rings is 2. The van der Waals surface area contributed by atoms with E-state index in [1.54, 1.807) is 0 Å². The van der Waals surface area contributed by atoms with Crippen molar-refractivity contribution in [3.8, 4) is 11.3 Å². The van der Waals surface area contributed by atoms with E-state index >= 15 is 0 Å². The van der Waals surface area contributed by atoms with Crippen molar-refractivity contribution in [2.75, 3.05) is 5.73 Å². The summed E-state index contributed by atoms with van der Waals surface area (Å²) in [7, 11) is 0. The quantitative estimate of drug-likeness (QED) is 0.719. The zero-order chi connectivity index (χ0) is 12.8. The fourth-order valence-corrected chi connectivity index (χ4v) is 2.99. The number of hydrogen-bond donors (Lipinski definition) is 1. The van der Waals surface area contributed by atoms with Gasteiger partial charge in [0.25, 0.3) is 0 Å². The maximum Gasteiger partial charge on any atom is 0.127 e. The lowest BCUT2D eigenvalue weighted by Gasteiger charge is -2.08. The lowest BCUT2D eigenvalue weighted by Crippen LogP contribution is -1.93. The first-order valence-electron chi connectivity index (χ1n) is 6.44. The van der Waals surface area contributed by atoms with Gasteiger partial charge in [0.05, 0.1) is 5.69 Å². The Bertz CT molecular complexity index is 783. The Morgan fingerprint density at radius 3 is 2.63 bits per heavy atom. The second kappa shape index (κ2) is 3.79. The number of hydrogen-bond acceptors (Lipinski definition) is 3. The Morgan fingerprint density at radius 2 is 1.79 bits per heavy atom. The minimum atomic E-state index is 0.508. The maximum absolute atomic E-state index is 5.76. The molecule has 0 aliphatic heterocycles. The van der Waals surface area contributed by atoms with Crippen LogP contribution in [-0.2, 0) is 12.8 Å². The standard InChI is InChI=1S/C16H13N3/c17-15-8-14(18-9-19-15)12-7-6-11-5-4-10-2-1-3-13(12)16(10)11/h1-3,6-9H,4-5H2,(H2,17,18,19). The van der Waals surface area contributed by atoms with Crippen molar-refractivity contribution in [2.24, 2.45) is 0 Å². The second-order valence-corrected chi connectivity index (χ2v) is 4.94. The molecule has 1 aliphatic rings. The zero-order valence-electron chi connectivity index (χ0n) is 10.4. The molecule has 4 rings (SSSR count). The van der Waals surface area contributed by atoms with Crippen molar-refractivity contribution in [1.82, 2.24) is 9.97 Å². The molecule has 2 N–H and O–H groups in total. The number of nitrogens with zero attached hydrogens (tertiary/aromatic N) is 2. The average molecular weight is 247 g/mol. The highest BCUT2D eigenvalue weighted by Gasteiger charge is 2.16. The maximum atomic E-state index is 5.76. The van der Waals surface area contributed by atoms with Gasteiger partial charge < -0.3 is 5.73 Å². The number of aromatic nitrogens is 2. The number of anilines is 1. The molecule has 0 fully saturated rings. The van der Waals surface area contributed by atoms with Crippen LogP contribution in [0.5, 0.6) is 0 Å². The van der Waals surface area contributed by atoms with Crippen LogP contribution in [0, 0.1) is 0 Å². The topological polar surface area (TPSA) is 51.8 Å². The third kappa shape index (κ3) is 1.51. The molecule has 0 amide bonds. The van der Waals surface area contributed by atoms with Crippen molar-refractivity contribution in [3.63, 3.8) is 0 Å². The molecule has 0 saturated carbocycles. The van der Waals surface area contributed by atoms with Crippen LogP contribution in [0.1, 0.15) is 11.1 Å². The molecule has 3 aromatic rings. The molecule has 0 unspecified atom stereocenters. The van der Waals surface area contributed by atoms with Gasteiger partial charge >= 0.3 is 0 Å². The van der Waals surface area contributed by atoms with E-state index in [0.717, 1.165) is 24.1 Å². The van der Waals surface area contributed by atoms with Crippen molar-refractivity contribution in [2.45, 2.75) is 12.8 Å². The first-order chi connectivity index (χ1) is 9.33. The fourth-order valence-electron chi connectivity index (χ4n) is 2.99. The Labute approximate surface area is 111 Å². The Hall–Kier alpha value is -2.42. The summed E-state index contributed by atoms with van der Waals surface area (Å²) in [5.41, 5.74) is 10.7. The highest BCUT2D eigenvalue weighted by atomic mass is 14.9. The third-order valence-electron chi connectivity index (χ3n) is 3.84. The number of nitrogen functional groups attached to an aromatic ring is 1. The van der Waals surface area contributed by atoms with Gasteiger partial charge in [-0.05, 0) is 34.7 Å². The monoisotopic (exact) mass is 247 g/mol. The van der Waals surface area contributed by atoms with E-state index in [9.17, 15) is 0 Å². The van der Waals surface area contributed by atoms with Crippen LogP contribution in [0.25, 0.3) is 22.0 Å². The minimum Gasteiger partial charge on any atom is -0.384 e. The van der Waals surface area contributed by atoms with E-state index in [2.05, 4.69) is 40.3 Å². The highest BCUT2D eigenvalue weighted by molar-refractivity contribution is 6.00. The van der Waals surface area contributed by atoms with Crippen LogP contribution in [0.4, 0.5) is 5.82 Å². The molecule has 0 atom stereocenters. The minimum absolute atomic E-state index is 0.508. The van der Waals surface area contributed by atoms with Crippen LogP contribution >= 0.6 is 0 Å². The predicted molar refractivity (Wildman–Crippen MR) is 76.8 cm³/mol. The molecule has 0 radical (unpaired) electrons. The molecule has 3 nitrogen and oxygen atoms in total. The SMILES string of the molecule is Nc1cc(-c2ccc3c4c(cccc24)CC3)ncn1. The summed E-state index contributed by atoms with van der Waals surface area (Å²) in [6, 6.07) is 12.7. The summed E-state index contributed by atoms with van der Waals surface area (Å²) in [4.78, 5) is 8.31. The van der Waals surface area contributed by atoms with Crippen molar-refractivity contribution < 1.29 is 0 Å². The van der Waals surface area contributed by atoms with E-state index < -0.39 is 0 Å². The molecule has 1 aliphatic carbocycles. The molecule has 0 bridgehead atoms. The summed E-state index contributed by atoms with van der Waals surface area (Å²) in [6.45, 7) is 0. The summed E-state index contributed by atoms with van der Waals surface area (Å²) in [6.07, 6.45) is 3.80. The van der Waals surface area contributed by atoms with Gasteiger partial charge in [-0.1, -0.05) is 30.3 Å². The number of nitrogens with two attached hydrogens (primary N) is 1. The molecule has 19 heavy (non-hydrogen) atoms. The van der Waals surface area contributed by atoms with E-state index in [1.807, 2.05) is 6.07 Å². The van der Waals surface area contributed by atoms with E-state index in [-0.39, 0.29) is 0 Å². The Balaban J connectivity index is 2.07. The largest absolute Gasteiger partial charge is 0.384 e. The second-order valence-electron chi connectivity index (χ2n) is 4.94. The number of rotatable bonds is 1. The van der Waals surface area contributed by atoms with Gasteiger partial charge in [0.1, 0.15) is 12.1 Å². The summed E-state index contributed by atoms with van der Waals surface area (Å²) in [5.74, 6) is 0.508. The highest BCUT2D eigenvalue weighted by Crippen LogP contribution is 2.36. The zero-order valence-corrected chi connectivity index (χ0v) is 10.4. The third-order valence-corrected chi connectivity index (χ3v) is 3.84. The molecule has 2 aromatic carbocycles. The summed E-state index contributed by atoms with van der Waals surface area (Å²) < 4.78 is 0. The summed E-state index contributed by atoms with van der Waals surface area (Å²) in [5, 5.41) is 2.67. The molecular formula is C16H13N3. The normalized spacial score (nSPS) is 13.1. The molecule has 92 valence electrons. The molecule has 1 aromatic heterocycles. The molecule has 3 heteroatoms. The van der Waals surface area contributed by atoms with Crippen molar-refractivity contribution in [1.29, 1.82) is 0 Å². The van der Waals surface area contributed by atoms with E-state index in [0.29, 0.717) is 5.82 Å². The first-order valence-corrected chi connectivity index (χ1v) is 6.44. The van der Waals surface area contributed by atoms with Gasteiger partial charge in [0.2, 0.25) is 0 Å². The van der Waals surface area contributed by atoms with Gasteiger partial charge in [0.15, 0.2) is 0 Å². The van der Waals surface area contributed by atoms with Gasteiger partial charge in [-0.15, -0.1) is 0 Å². The Morgan fingerprint density at radius 1 is 0.947 bits per heavy atom. The van der Waals surface area contributed by atoms with Crippen LogP contribution in [0.2, 0.25) is 0 Å². The summed E-state index contributed by atoms with van der Waals surface area (Å²) >= 11 is 0. The number of aryl methyl sites for hydroxylation is 2. The van der Waals surface area contributed by atoms with Gasteiger partial charge in [-0.2, -0.15) is 0 Å². The van der Waals surface area contributed by atoms with Crippen LogP contribution in [0.3, 0.4) is 0 Å². The predicted octanol–water partition coefficient (Wildman–Crippen LogP) is 2.98. The Kier molecular flexibility index (Phi) is 2.09. The molecule has 1 heterocycles. The van der Waals surface area contributed by atoms with Gasteiger partial charge in [-0.3, -0.25) is 0 Å². The van der Waals surface area contributed by atoms with Crippen molar-refractivity contribution in [3.05, 3.63) is 53.9 Å². The molecular weight excluding hydrogens is 234 g/mol. The first kappa shape index (κ1) is 10.5. The molecule has 0 spiro atoms. The van der Waals surface area contributed by atoms with Gasteiger partial charge in [-0.25, -0.2) is 9.97 Å². The lowest BCUT2D eigenvalue weighted by atomic mass is 9.98. The fraction of sp³-hybridized carbons (Fsp3) is 0.125.